The molecule has 1 unspecified atom stereocenters. The van der Waals surface area contributed by atoms with Crippen LogP contribution in [0.25, 0.3) is 0 Å². The van der Waals surface area contributed by atoms with E-state index < -0.39 is 0 Å². The van der Waals surface area contributed by atoms with Crippen LogP contribution in [0.4, 0.5) is 11.6 Å². The zero-order valence-electron chi connectivity index (χ0n) is 10.0. The van der Waals surface area contributed by atoms with E-state index in [1.54, 1.807) is 0 Å². The molecule has 0 aromatic carbocycles. The molecule has 94 valence electrons. The fourth-order valence-corrected chi connectivity index (χ4v) is 1.58. The Labute approximate surface area is 100.0 Å². The highest BCUT2D eigenvalue weighted by atomic mass is 16.1. The van der Waals surface area contributed by atoms with E-state index in [9.17, 15) is 4.79 Å². The summed E-state index contributed by atoms with van der Waals surface area (Å²) in [6.07, 6.45) is 2.39. The second kappa shape index (κ2) is 6.00. The van der Waals surface area contributed by atoms with Gasteiger partial charge in [0.05, 0.1) is 0 Å². The maximum absolute atomic E-state index is 10.8. The van der Waals surface area contributed by atoms with Gasteiger partial charge in [-0.1, -0.05) is 6.92 Å². The number of amides is 1. The molecule has 17 heavy (non-hydrogen) atoms. The lowest BCUT2D eigenvalue weighted by molar-refractivity contribution is -0.118. The number of nitrogens with two attached hydrogens (primary N) is 2. The van der Waals surface area contributed by atoms with Crippen molar-refractivity contribution < 1.29 is 4.79 Å². The third-order valence-corrected chi connectivity index (χ3v) is 2.33. The Kier molecular flexibility index (Phi) is 4.65. The van der Waals surface area contributed by atoms with E-state index in [1.165, 1.54) is 6.33 Å². The molecule has 0 aliphatic rings. The molecule has 0 radical (unpaired) electrons. The molecule has 1 amide bonds. The Morgan fingerprint density at radius 2 is 2.12 bits per heavy atom. The smallest absolute Gasteiger partial charge is 0.219 e. The van der Waals surface area contributed by atoms with Crippen molar-refractivity contribution in [3.63, 3.8) is 0 Å². The SMILES string of the molecule is CCc1c(NN)ncnc1NC(C)CC(N)=O. The molecule has 7 heteroatoms. The van der Waals surface area contributed by atoms with Crippen LogP contribution in [0.5, 0.6) is 0 Å². The Morgan fingerprint density at radius 3 is 2.65 bits per heavy atom. The van der Waals surface area contributed by atoms with Crippen molar-refractivity contribution in [2.24, 2.45) is 11.6 Å². The minimum atomic E-state index is -0.353. The fraction of sp³-hybridized carbons (Fsp3) is 0.500. The van der Waals surface area contributed by atoms with Gasteiger partial charge < -0.3 is 16.5 Å². The first kappa shape index (κ1) is 13.2. The van der Waals surface area contributed by atoms with Gasteiger partial charge >= 0.3 is 0 Å². The minimum Gasteiger partial charge on any atom is -0.370 e. The van der Waals surface area contributed by atoms with E-state index in [1.807, 2.05) is 13.8 Å². The highest BCUT2D eigenvalue weighted by molar-refractivity contribution is 5.75. The van der Waals surface area contributed by atoms with Crippen LogP contribution in [0, 0.1) is 0 Å². The maximum Gasteiger partial charge on any atom is 0.219 e. The highest BCUT2D eigenvalue weighted by Crippen LogP contribution is 2.20. The molecule has 1 rings (SSSR count). The highest BCUT2D eigenvalue weighted by Gasteiger charge is 2.12. The number of nitrogen functional groups attached to an aromatic ring is 1. The van der Waals surface area contributed by atoms with E-state index in [0.717, 1.165) is 12.0 Å². The van der Waals surface area contributed by atoms with Gasteiger partial charge in [0.2, 0.25) is 5.91 Å². The minimum absolute atomic E-state index is 0.0849. The van der Waals surface area contributed by atoms with Gasteiger partial charge in [-0.15, -0.1) is 0 Å². The third kappa shape index (κ3) is 3.56. The van der Waals surface area contributed by atoms with Crippen LogP contribution in [0.2, 0.25) is 0 Å². The average Bonchev–Trinajstić information content (AvgIpc) is 2.27. The maximum atomic E-state index is 10.8. The van der Waals surface area contributed by atoms with Crippen molar-refractivity contribution >= 4 is 17.5 Å². The summed E-state index contributed by atoms with van der Waals surface area (Å²) in [5.41, 5.74) is 8.53. The van der Waals surface area contributed by atoms with Gasteiger partial charge in [0.1, 0.15) is 18.0 Å². The van der Waals surface area contributed by atoms with Gasteiger partial charge in [-0.3, -0.25) is 4.79 Å². The summed E-state index contributed by atoms with van der Waals surface area (Å²) in [5, 5.41) is 3.12. The van der Waals surface area contributed by atoms with Crippen LogP contribution in [0.3, 0.4) is 0 Å². The summed E-state index contributed by atoms with van der Waals surface area (Å²) in [6.45, 7) is 3.84. The van der Waals surface area contributed by atoms with Crippen molar-refractivity contribution in [1.29, 1.82) is 0 Å². The van der Waals surface area contributed by atoms with E-state index in [4.69, 9.17) is 11.6 Å². The third-order valence-electron chi connectivity index (χ3n) is 2.33. The number of carbonyl (C=O) groups excluding carboxylic acids is 1. The number of hydrogen-bond donors (Lipinski definition) is 4. The zero-order valence-corrected chi connectivity index (χ0v) is 10.0. The average molecular weight is 238 g/mol. The van der Waals surface area contributed by atoms with Crippen molar-refractivity contribution in [3.8, 4) is 0 Å². The van der Waals surface area contributed by atoms with Crippen molar-refractivity contribution in [2.45, 2.75) is 32.7 Å². The van der Waals surface area contributed by atoms with Gasteiger partial charge in [0, 0.05) is 18.0 Å². The lowest BCUT2D eigenvalue weighted by atomic mass is 10.2. The molecule has 0 bridgehead atoms. The lowest BCUT2D eigenvalue weighted by Gasteiger charge is -2.16. The van der Waals surface area contributed by atoms with Gasteiger partial charge in [-0.25, -0.2) is 15.8 Å². The number of hydrogen-bond acceptors (Lipinski definition) is 6. The molecule has 0 fully saturated rings. The molecule has 0 saturated carbocycles. The topological polar surface area (TPSA) is 119 Å². The fourth-order valence-electron chi connectivity index (χ4n) is 1.58. The second-order valence-electron chi connectivity index (χ2n) is 3.76. The number of nitrogens with one attached hydrogen (secondary N) is 2. The van der Waals surface area contributed by atoms with E-state index >= 15 is 0 Å². The monoisotopic (exact) mass is 238 g/mol. The molecule has 0 aliphatic heterocycles. The summed E-state index contributed by atoms with van der Waals surface area (Å²) in [7, 11) is 0. The number of anilines is 2. The molecule has 1 heterocycles. The van der Waals surface area contributed by atoms with Crippen LogP contribution in [-0.4, -0.2) is 21.9 Å². The largest absolute Gasteiger partial charge is 0.370 e. The Bertz CT molecular complexity index is 394. The molecule has 0 spiro atoms. The summed E-state index contributed by atoms with van der Waals surface area (Å²) in [4.78, 5) is 18.9. The summed E-state index contributed by atoms with van der Waals surface area (Å²) in [6, 6.07) is -0.0849. The van der Waals surface area contributed by atoms with Crippen LogP contribution in [0.15, 0.2) is 6.33 Å². The molecule has 0 saturated heterocycles. The van der Waals surface area contributed by atoms with Crippen molar-refractivity contribution in [2.75, 3.05) is 10.7 Å². The van der Waals surface area contributed by atoms with Crippen LogP contribution < -0.4 is 22.3 Å². The predicted molar refractivity (Wildman–Crippen MR) is 66.1 cm³/mol. The summed E-state index contributed by atoms with van der Waals surface area (Å²) < 4.78 is 0. The van der Waals surface area contributed by atoms with Crippen LogP contribution >= 0.6 is 0 Å². The van der Waals surface area contributed by atoms with Gasteiger partial charge in [-0.05, 0) is 13.3 Å². The molecular weight excluding hydrogens is 220 g/mol. The van der Waals surface area contributed by atoms with Crippen molar-refractivity contribution in [1.82, 2.24) is 9.97 Å². The normalized spacial score (nSPS) is 11.9. The predicted octanol–water partition coefficient (Wildman–Crippen LogP) is 0.000400. The molecule has 0 aliphatic carbocycles. The quantitative estimate of drug-likeness (QED) is 0.409. The number of hydrazine groups is 1. The molecular formula is C10H18N6O. The first-order chi connectivity index (χ1) is 8.08. The second-order valence-corrected chi connectivity index (χ2v) is 3.76. The Balaban J connectivity index is 2.86. The first-order valence-corrected chi connectivity index (χ1v) is 5.43. The van der Waals surface area contributed by atoms with Gasteiger partial charge in [0.15, 0.2) is 0 Å². The first-order valence-electron chi connectivity index (χ1n) is 5.43. The zero-order chi connectivity index (χ0) is 12.8. The van der Waals surface area contributed by atoms with E-state index in [2.05, 4.69) is 20.7 Å². The number of aromatic nitrogens is 2. The number of nitrogens with zero attached hydrogens (tertiary/aromatic N) is 2. The number of rotatable bonds is 6. The Morgan fingerprint density at radius 1 is 1.47 bits per heavy atom. The molecule has 7 nitrogen and oxygen atoms in total. The van der Waals surface area contributed by atoms with Gasteiger partial charge in [0.25, 0.3) is 0 Å². The molecule has 1 aromatic heterocycles. The summed E-state index contributed by atoms with van der Waals surface area (Å²) in [5.74, 6) is 6.26. The molecule has 6 N–H and O–H groups in total. The van der Waals surface area contributed by atoms with Crippen LogP contribution in [0.1, 0.15) is 25.8 Å². The number of carbonyl (C=O) groups is 1. The lowest BCUT2D eigenvalue weighted by Crippen LogP contribution is -2.25. The number of primary amides is 1. The van der Waals surface area contributed by atoms with E-state index in [0.29, 0.717) is 11.6 Å². The molecule has 1 atom stereocenters. The van der Waals surface area contributed by atoms with Crippen molar-refractivity contribution in [3.05, 3.63) is 11.9 Å². The van der Waals surface area contributed by atoms with Crippen LogP contribution in [-0.2, 0) is 11.2 Å². The van der Waals surface area contributed by atoms with Gasteiger partial charge in [-0.2, -0.15) is 0 Å². The molecule has 1 aromatic rings. The summed E-state index contributed by atoms with van der Waals surface area (Å²) >= 11 is 0. The van der Waals surface area contributed by atoms with E-state index in [-0.39, 0.29) is 18.4 Å². The Hall–Kier alpha value is -1.89. The standard InChI is InChI=1S/C10H18N6O/c1-3-7-9(13-5-14-10(7)16-12)15-6(2)4-8(11)17/h5-6H,3-4,12H2,1-2H3,(H2,11,17)(H2,13,14,15,16).